The quantitative estimate of drug-likeness (QED) is 0.559. The fourth-order valence-corrected chi connectivity index (χ4v) is 3.89. The smallest absolute Gasteiger partial charge is 0.207 e. The summed E-state index contributed by atoms with van der Waals surface area (Å²) in [6, 6.07) is 10.4. The molecular formula is C13H9BO2S. The molecule has 2 radical (unpaired) electrons. The first-order chi connectivity index (χ1) is 8.00. The van der Waals surface area contributed by atoms with Crippen molar-refractivity contribution in [3.63, 3.8) is 0 Å². The number of benzene rings is 2. The van der Waals surface area contributed by atoms with E-state index < -0.39 is 9.84 Å². The first kappa shape index (κ1) is 10.6. The van der Waals surface area contributed by atoms with Crippen molar-refractivity contribution in [2.24, 2.45) is 0 Å². The zero-order chi connectivity index (χ0) is 12.2. The molecule has 0 fully saturated rings. The van der Waals surface area contributed by atoms with E-state index in [1.807, 2.05) is 19.1 Å². The second-order valence-electron chi connectivity index (χ2n) is 4.26. The van der Waals surface area contributed by atoms with Crippen LogP contribution in [-0.4, -0.2) is 16.3 Å². The average Bonchev–Trinajstić information content (AvgIpc) is 2.48. The molecule has 2 nitrogen and oxygen atoms in total. The number of sulfone groups is 1. The van der Waals surface area contributed by atoms with Crippen molar-refractivity contribution in [3.05, 3.63) is 42.0 Å². The number of hydrogen-bond acceptors (Lipinski definition) is 2. The van der Waals surface area contributed by atoms with Crippen LogP contribution in [0.3, 0.4) is 0 Å². The average molecular weight is 240 g/mol. The van der Waals surface area contributed by atoms with Gasteiger partial charge in [0.25, 0.3) is 0 Å². The summed E-state index contributed by atoms with van der Waals surface area (Å²) in [5, 5.41) is 0. The number of hydrogen-bond donors (Lipinski definition) is 0. The summed E-state index contributed by atoms with van der Waals surface area (Å²) in [4.78, 5) is 0.696. The molecule has 1 aliphatic rings. The van der Waals surface area contributed by atoms with E-state index in [4.69, 9.17) is 7.85 Å². The van der Waals surface area contributed by atoms with Gasteiger partial charge in [-0.3, -0.25) is 0 Å². The van der Waals surface area contributed by atoms with Gasteiger partial charge >= 0.3 is 0 Å². The third-order valence-corrected chi connectivity index (χ3v) is 4.86. The Hall–Kier alpha value is -1.55. The molecule has 0 saturated heterocycles. The molecule has 3 rings (SSSR count). The summed E-state index contributed by atoms with van der Waals surface area (Å²) in [6.07, 6.45) is 0. The van der Waals surface area contributed by atoms with Gasteiger partial charge in [-0.15, -0.1) is 0 Å². The highest BCUT2D eigenvalue weighted by Gasteiger charge is 2.32. The van der Waals surface area contributed by atoms with Crippen molar-refractivity contribution in [2.45, 2.75) is 16.7 Å². The molecule has 1 aliphatic heterocycles. The first-order valence-corrected chi connectivity index (χ1v) is 6.74. The minimum absolute atomic E-state index is 0.318. The number of fused-ring (bicyclic) bond motifs is 3. The van der Waals surface area contributed by atoms with Gasteiger partial charge in [0.15, 0.2) is 0 Å². The highest BCUT2D eigenvalue weighted by molar-refractivity contribution is 7.92. The van der Waals surface area contributed by atoms with Crippen LogP contribution in [0.15, 0.2) is 46.2 Å². The molecule has 1 heterocycles. The van der Waals surface area contributed by atoms with Crippen LogP contribution < -0.4 is 5.46 Å². The molecule has 0 unspecified atom stereocenters. The van der Waals surface area contributed by atoms with Gasteiger partial charge < -0.3 is 0 Å². The molecule has 17 heavy (non-hydrogen) atoms. The topological polar surface area (TPSA) is 34.1 Å². The lowest BCUT2D eigenvalue weighted by Gasteiger charge is -2.00. The normalized spacial score (nSPS) is 15.4. The summed E-state index contributed by atoms with van der Waals surface area (Å²) in [5.74, 6) is 0. The summed E-state index contributed by atoms with van der Waals surface area (Å²) in [7, 11) is 2.27. The summed E-state index contributed by atoms with van der Waals surface area (Å²) in [5.41, 5.74) is 3.04. The molecule has 0 saturated carbocycles. The van der Waals surface area contributed by atoms with Crippen LogP contribution in [0.5, 0.6) is 0 Å². The maximum Gasteiger partial charge on any atom is 0.207 e. The van der Waals surface area contributed by atoms with Crippen molar-refractivity contribution < 1.29 is 8.42 Å². The van der Waals surface area contributed by atoms with Crippen molar-refractivity contribution in [2.75, 3.05) is 0 Å². The lowest BCUT2D eigenvalue weighted by Crippen LogP contribution is -2.05. The van der Waals surface area contributed by atoms with Gasteiger partial charge in [-0.1, -0.05) is 35.3 Å². The van der Waals surface area contributed by atoms with Crippen LogP contribution in [0.4, 0.5) is 0 Å². The molecule has 4 heteroatoms. The number of aryl methyl sites for hydroxylation is 1. The maximum atomic E-state index is 12.3. The van der Waals surface area contributed by atoms with Crippen molar-refractivity contribution >= 4 is 23.1 Å². The van der Waals surface area contributed by atoms with Crippen molar-refractivity contribution in [3.8, 4) is 11.1 Å². The molecule has 0 N–H and O–H groups in total. The van der Waals surface area contributed by atoms with Crippen LogP contribution >= 0.6 is 0 Å². The second kappa shape index (κ2) is 3.23. The van der Waals surface area contributed by atoms with E-state index in [-0.39, 0.29) is 0 Å². The standard InChI is InChI=1S/C13H9BO2S/c1-8-2-5-12-11(6-8)10-4-3-9(14)7-13(10)17(12,15)16/h2-7H,1H3. The Kier molecular flexibility index (Phi) is 2.02. The summed E-state index contributed by atoms with van der Waals surface area (Å²) >= 11 is 0. The van der Waals surface area contributed by atoms with E-state index in [2.05, 4.69) is 0 Å². The molecule has 82 valence electrons. The number of rotatable bonds is 0. The predicted octanol–water partition coefficient (Wildman–Crippen LogP) is 1.60. The van der Waals surface area contributed by atoms with Gasteiger partial charge in [0.05, 0.1) is 9.79 Å². The van der Waals surface area contributed by atoms with E-state index in [0.29, 0.717) is 15.3 Å². The highest BCUT2D eigenvalue weighted by Crippen LogP contribution is 2.42. The zero-order valence-corrected chi connectivity index (χ0v) is 10.1. The fraction of sp³-hybridized carbons (Fsp3) is 0.0769. The second-order valence-corrected chi connectivity index (χ2v) is 6.15. The lowest BCUT2D eigenvalue weighted by molar-refractivity contribution is 0.599. The Morgan fingerprint density at radius 2 is 1.71 bits per heavy atom. The third-order valence-electron chi connectivity index (χ3n) is 3.01. The van der Waals surface area contributed by atoms with E-state index in [0.717, 1.165) is 16.7 Å². The Labute approximate surface area is 102 Å². The van der Waals surface area contributed by atoms with Gasteiger partial charge in [-0.25, -0.2) is 8.42 Å². The molecule has 2 aromatic carbocycles. The fourth-order valence-electron chi connectivity index (χ4n) is 2.19. The van der Waals surface area contributed by atoms with Crippen LogP contribution in [-0.2, 0) is 9.84 Å². The molecular weight excluding hydrogens is 231 g/mol. The van der Waals surface area contributed by atoms with Gasteiger partial charge in [-0.2, -0.15) is 0 Å². The monoisotopic (exact) mass is 240 g/mol. The van der Waals surface area contributed by atoms with Gasteiger partial charge in [0, 0.05) is 11.1 Å². The minimum atomic E-state index is -3.38. The van der Waals surface area contributed by atoms with E-state index in [9.17, 15) is 8.42 Å². The van der Waals surface area contributed by atoms with E-state index in [1.165, 1.54) is 6.07 Å². The largest absolute Gasteiger partial charge is 0.218 e. The van der Waals surface area contributed by atoms with Crippen LogP contribution in [0.2, 0.25) is 0 Å². The Bertz CT molecular complexity index is 733. The molecule has 0 atom stereocenters. The van der Waals surface area contributed by atoms with Crippen LogP contribution in [0, 0.1) is 6.92 Å². The van der Waals surface area contributed by atoms with Crippen molar-refractivity contribution in [1.82, 2.24) is 0 Å². The Balaban J connectivity index is 2.47. The van der Waals surface area contributed by atoms with E-state index >= 15 is 0 Å². The third kappa shape index (κ3) is 1.37. The molecule has 0 aromatic heterocycles. The Morgan fingerprint density at radius 3 is 2.47 bits per heavy atom. The maximum absolute atomic E-state index is 12.3. The SMILES string of the molecule is [B]c1ccc2c(c1)S(=O)(=O)c1ccc(C)cc1-2. The first-order valence-electron chi connectivity index (χ1n) is 5.26. The predicted molar refractivity (Wildman–Crippen MR) is 67.5 cm³/mol. The minimum Gasteiger partial charge on any atom is -0.218 e. The summed E-state index contributed by atoms with van der Waals surface area (Å²) in [6.45, 7) is 1.95. The molecule has 2 aromatic rings. The lowest BCUT2D eigenvalue weighted by atomic mass is 9.93. The molecule has 0 spiro atoms. The van der Waals surface area contributed by atoms with Crippen LogP contribution in [0.25, 0.3) is 11.1 Å². The molecule has 0 amide bonds. The molecule has 0 aliphatic carbocycles. The molecule has 0 bridgehead atoms. The van der Waals surface area contributed by atoms with Gasteiger partial charge in [0.1, 0.15) is 7.85 Å². The van der Waals surface area contributed by atoms with Crippen molar-refractivity contribution in [1.29, 1.82) is 0 Å². The zero-order valence-electron chi connectivity index (χ0n) is 9.27. The van der Waals surface area contributed by atoms with Crippen LogP contribution in [0.1, 0.15) is 5.56 Å². The van der Waals surface area contributed by atoms with E-state index in [1.54, 1.807) is 18.2 Å². The highest BCUT2D eigenvalue weighted by atomic mass is 32.2. The van der Waals surface area contributed by atoms with Gasteiger partial charge in [0.2, 0.25) is 9.84 Å². The van der Waals surface area contributed by atoms with Gasteiger partial charge in [-0.05, 0) is 19.1 Å². The summed E-state index contributed by atoms with van der Waals surface area (Å²) < 4.78 is 24.6. The Morgan fingerprint density at radius 1 is 0.941 bits per heavy atom.